The zero-order valence-electron chi connectivity index (χ0n) is 28.9. The molecule has 11 rings (SSSR count). The summed E-state index contributed by atoms with van der Waals surface area (Å²) in [5.74, 6) is 0. The second-order valence-electron chi connectivity index (χ2n) is 13.5. The van der Waals surface area contributed by atoms with Gasteiger partial charge in [0.05, 0.1) is 20.6 Å². The van der Waals surface area contributed by atoms with E-state index in [1.165, 1.54) is 47.1 Å². The van der Waals surface area contributed by atoms with E-state index < -0.39 is 0 Å². The summed E-state index contributed by atoms with van der Waals surface area (Å²) in [7, 11) is 0. The minimum atomic E-state index is 0.858. The minimum Gasteiger partial charge on any atom is -0.456 e. The third-order valence-electron chi connectivity index (χ3n) is 10.3. The van der Waals surface area contributed by atoms with Gasteiger partial charge in [0.25, 0.3) is 0 Å². The summed E-state index contributed by atoms with van der Waals surface area (Å²) >= 11 is 3.62. The molecule has 0 N–H and O–H groups in total. The third-order valence-corrected chi connectivity index (χ3v) is 12.6. The first-order chi connectivity index (χ1) is 26.8. The summed E-state index contributed by atoms with van der Waals surface area (Å²) in [6.07, 6.45) is 0. The Bertz CT molecular complexity index is 3160. The summed E-state index contributed by atoms with van der Waals surface area (Å²) in [5.41, 5.74) is 11.7. The fourth-order valence-corrected chi connectivity index (χ4v) is 10.2. The van der Waals surface area contributed by atoms with Gasteiger partial charge in [0.1, 0.15) is 16.2 Å². The molecule has 0 spiro atoms. The number of furan rings is 1. The quantitative estimate of drug-likeness (QED) is 0.171. The van der Waals surface area contributed by atoms with Gasteiger partial charge in [0, 0.05) is 49.2 Å². The average molecular weight is 727 g/mol. The van der Waals surface area contributed by atoms with Crippen molar-refractivity contribution in [3.63, 3.8) is 0 Å². The van der Waals surface area contributed by atoms with E-state index in [-0.39, 0.29) is 0 Å². The highest BCUT2D eigenvalue weighted by Gasteiger charge is 2.24. The van der Waals surface area contributed by atoms with Crippen LogP contribution in [0.15, 0.2) is 186 Å². The van der Waals surface area contributed by atoms with E-state index in [1.54, 1.807) is 11.3 Å². The van der Waals surface area contributed by atoms with Gasteiger partial charge >= 0.3 is 0 Å². The zero-order chi connectivity index (χ0) is 35.6. The molecule has 0 aliphatic rings. The molecule has 3 nitrogen and oxygen atoms in total. The van der Waals surface area contributed by atoms with Crippen LogP contribution in [-0.4, -0.2) is 4.98 Å². The van der Waals surface area contributed by atoms with Crippen molar-refractivity contribution in [1.82, 2.24) is 4.98 Å². The van der Waals surface area contributed by atoms with Crippen molar-refractivity contribution in [3.05, 3.63) is 182 Å². The molecule has 0 unspecified atom stereocenters. The average Bonchev–Trinajstić information content (AvgIpc) is 3.95. The Hall–Kier alpha value is -6.53. The SMILES string of the molecule is c1ccc(-c2nc3cc(N(c4ccc(-c5ccccc5)c(-c5ccccc5)c4)c4ccc5c(c4)oc4ccccc45)c4sc5ccccc5c4c3s2)cc1. The Morgan fingerprint density at radius 1 is 0.444 bits per heavy atom. The van der Waals surface area contributed by atoms with Crippen LogP contribution in [0.1, 0.15) is 0 Å². The second-order valence-corrected chi connectivity index (χ2v) is 15.6. The number of fused-ring (bicyclic) bond motifs is 8. The summed E-state index contributed by atoms with van der Waals surface area (Å²) < 4.78 is 10.2. The number of aromatic nitrogens is 1. The molecule has 0 aliphatic heterocycles. The number of benzene rings is 8. The van der Waals surface area contributed by atoms with Crippen molar-refractivity contribution in [1.29, 1.82) is 0 Å². The highest BCUT2D eigenvalue weighted by Crippen LogP contribution is 2.51. The molecule has 254 valence electrons. The van der Waals surface area contributed by atoms with Crippen molar-refractivity contribution >= 4 is 92.1 Å². The van der Waals surface area contributed by atoms with Gasteiger partial charge in [-0.05, 0) is 64.7 Å². The zero-order valence-corrected chi connectivity index (χ0v) is 30.6. The van der Waals surface area contributed by atoms with E-state index in [0.717, 1.165) is 55.1 Å². The normalized spacial score (nSPS) is 11.7. The molecular weight excluding hydrogens is 697 g/mol. The fourth-order valence-electron chi connectivity index (χ4n) is 7.80. The van der Waals surface area contributed by atoms with Gasteiger partial charge in [-0.1, -0.05) is 133 Å². The molecule has 0 saturated carbocycles. The van der Waals surface area contributed by atoms with Gasteiger partial charge in [-0.2, -0.15) is 0 Å². The van der Waals surface area contributed by atoms with Crippen LogP contribution >= 0.6 is 22.7 Å². The lowest BCUT2D eigenvalue weighted by Gasteiger charge is -2.27. The van der Waals surface area contributed by atoms with E-state index >= 15 is 0 Å². The molecule has 0 aliphatic carbocycles. The first-order valence-corrected chi connectivity index (χ1v) is 19.7. The number of hydrogen-bond donors (Lipinski definition) is 0. The van der Waals surface area contributed by atoms with Crippen LogP contribution in [-0.2, 0) is 0 Å². The highest BCUT2D eigenvalue weighted by atomic mass is 32.1. The van der Waals surface area contributed by atoms with Crippen LogP contribution < -0.4 is 4.90 Å². The van der Waals surface area contributed by atoms with E-state index in [0.29, 0.717) is 0 Å². The van der Waals surface area contributed by atoms with Crippen LogP contribution in [0, 0.1) is 0 Å². The van der Waals surface area contributed by atoms with Gasteiger partial charge < -0.3 is 9.32 Å². The number of para-hydroxylation sites is 1. The standard InChI is InChI=1S/C49H30N2OS2/c1-4-14-31(15-5-1)36-26-24-34(28-40(36)32-16-6-2-7-17-32)51(35-25-27-38-37-20-10-12-22-43(37)52-44(38)29-35)42-30-41-47(54-49(50-41)33-18-8-3-9-19-33)46-39-21-11-13-23-45(39)53-48(42)46/h1-30H. The van der Waals surface area contributed by atoms with Gasteiger partial charge in [-0.3, -0.25) is 0 Å². The number of thiazole rings is 1. The molecule has 5 heteroatoms. The van der Waals surface area contributed by atoms with Crippen molar-refractivity contribution in [2.75, 3.05) is 4.90 Å². The Balaban J connectivity index is 1.22. The van der Waals surface area contributed by atoms with Crippen LogP contribution in [0.5, 0.6) is 0 Å². The van der Waals surface area contributed by atoms with Crippen LogP contribution in [0.3, 0.4) is 0 Å². The highest BCUT2D eigenvalue weighted by molar-refractivity contribution is 7.28. The Labute approximate surface area is 319 Å². The largest absolute Gasteiger partial charge is 0.456 e. The van der Waals surface area contributed by atoms with Gasteiger partial charge in [-0.25, -0.2) is 4.98 Å². The predicted molar refractivity (Wildman–Crippen MR) is 231 cm³/mol. The summed E-state index contributed by atoms with van der Waals surface area (Å²) in [5, 5.41) is 5.75. The topological polar surface area (TPSA) is 29.3 Å². The van der Waals surface area contributed by atoms with E-state index in [2.05, 4.69) is 175 Å². The maximum absolute atomic E-state index is 6.51. The summed E-state index contributed by atoms with van der Waals surface area (Å²) in [6.45, 7) is 0. The van der Waals surface area contributed by atoms with E-state index in [9.17, 15) is 0 Å². The van der Waals surface area contributed by atoms with Crippen LogP contribution in [0.4, 0.5) is 17.1 Å². The van der Waals surface area contributed by atoms with Crippen LogP contribution in [0.25, 0.3) is 85.2 Å². The molecule has 11 aromatic rings. The minimum absolute atomic E-state index is 0.858. The smallest absolute Gasteiger partial charge is 0.137 e. The number of nitrogens with zero attached hydrogens (tertiary/aromatic N) is 2. The lowest BCUT2D eigenvalue weighted by Crippen LogP contribution is -2.10. The molecule has 0 atom stereocenters. The van der Waals surface area contributed by atoms with Crippen LogP contribution in [0.2, 0.25) is 0 Å². The lowest BCUT2D eigenvalue weighted by atomic mass is 9.93. The third kappa shape index (κ3) is 5.05. The van der Waals surface area contributed by atoms with Gasteiger partial charge in [-0.15, -0.1) is 22.7 Å². The van der Waals surface area contributed by atoms with Gasteiger partial charge in [0.2, 0.25) is 0 Å². The predicted octanol–water partition coefficient (Wildman–Crippen LogP) is 15.0. The number of thiophene rings is 1. The van der Waals surface area contributed by atoms with Crippen molar-refractivity contribution in [3.8, 4) is 32.8 Å². The lowest BCUT2D eigenvalue weighted by molar-refractivity contribution is 0.669. The van der Waals surface area contributed by atoms with Gasteiger partial charge in [0.15, 0.2) is 0 Å². The molecular formula is C49H30N2OS2. The first kappa shape index (κ1) is 31.0. The van der Waals surface area contributed by atoms with Crippen molar-refractivity contribution in [2.45, 2.75) is 0 Å². The fraction of sp³-hybridized carbons (Fsp3) is 0. The maximum atomic E-state index is 6.51. The monoisotopic (exact) mass is 726 g/mol. The molecule has 3 aromatic heterocycles. The molecule has 3 heterocycles. The number of anilines is 3. The molecule has 0 radical (unpaired) electrons. The molecule has 0 saturated heterocycles. The number of hydrogen-bond acceptors (Lipinski definition) is 5. The first-order valence-electron chi connectivity index (χ1n) is 18.0. The Morgan fingerprint density at radius 2 is 1.06 bits per heavy atom. The van der Waals surface area contributed by atoms with E-state index in [4.69, 9.17) is 9.40 Å². The Morgan fingerprint density at radius 3 is 1.83 bits per heavy atom. The van der Waals surface area contributed by atoms with Crippen molar-refractivity contribution in [2.24, 2.45) is 0 Å². The number of rotatable bonds is 6. The summed E-state index contributed by atoms with van der Waals surface area (Å²) in [6, 6.07) is 64.8. The molecule has 54 heavy (non-hydrogen) atoms. The molecule has 0 bridgehead atoms. The summed E-state index contributed by atoms with van der Waals surface area (Å²) in [4.78, 5) is 7.73. The van der Waals surface area contributed by atoms with Crippen molar-refractivity contribution < 1.29 is 4.42 Å². The van der Waals surface area contributed by atoms with E-state index in [1.807, 2.05) is 23.5 Å². The maximum Gasteiger partial charge on any atom is 0.137 e. The molecule has 8 aromatic carbocycles. The Kier molecular flexibility index (Phi) is 7.22. The molecule has 0 fully saturated rings. The second kappa shape index (κ2) is 12.6. The molecule has 0 amide bonds.